The van der Waals surface area contributed by atoms with Crippen LogP contribution in [0.25, 0.3) is 11.7 Å². The lowest BCUT2D eigenvalue weighted by atomic mass is 10.2. The van der Waals surface area contributed by atoms with Gasteiger partial charge in [-0.2, -0.15) is 0 Å². The molecular formula is C12H11N5O4. The van der Waals surface area contributed by atoms with Gasteiger partial charge >= 0.3 is 5.97 Å². The van der Waals surface area contributed by atoms with Gasteiger partial charge in [-0.1, -0.05) is 12.1 Å². The Bertz CT molecular complexity index is 759. The molecule has 1 N–H and O–H groups in total. The molecule has 0 radical (unpaired) electrons. The van der Waals surface area contributed by atoms with Gasteiger partial charge in [0.15, 0.2) is 11.5 Å². The Labute approximate surface area is 118 Å². The zero-order valence-electron chi connectivity index (χ0n) is 11.1. The topological polar surface area (TPSA) is 120 Å². The van der Waals surface area contributed by atoms with Gasteiger partial charge in [-0.25, -0.2) is 9.48 Å². The zero-order chi connectivity index (χ0) is 14.8. The van der Waals surface area contributed by atoms with E-state index < -0.39 is 5.97 Å². The second kappa shape index (κ2) is 5.19. The normalized spacial score (nSPS) is 10.9. The van der Waals surface area contributed by atoms with E-state index in [4.69, 9.17) is 13.9 Å². The van der Waals surface area contributed by atoms with E-state index in [1.54, 1.807) is 12.1 Å². The zero-order valence-corrected chi connectivity index (χ0v) is 11.1. The summed E-state index contributed by atoms with van der Waals surface area (Å²) in [7, 11) is 0. The van der Waals surface area contributed by atoms with Crippen LogP contribution >= 0.6 is 0 Å². The number of hydrogen-bond acceptors (Lipinski definition) is 7. The minimum atomic E-state index is -1.11. The maximum absolute atomic E-state index is 11.0. The number of aromatic carboxylic acids is 1. The second-order valence-electron chi connectivity index (χ2n) is 4.18. The first-order chi connectivity index (χ1) is 10.2. The van der Waals surface area contributed by atoms with Gasteiger partial charge in [0.25, 0.3) is 5.89 Å². The lowest BCUT2D eigenvalue weighted by molar-refractivity contribution is 0.0689. The molecule has 108 valence electrons. The van der Waals surface area contributed by atoms with Crippen LogP contribution in [-0.4, -0.2) is 36.3 Å². The Morgan fingerprint density at radius 1 is 1.38 bits per heavy atom. The van der Waals surface area contributed by atoms with E-state index in [-0.39, 0.29) is 24.0 Å². The van der Waals surface area contributed by atoms with E-state index in [1.807, 2.05) is 6.92 Å². The summed E-state index contributed by atoms with van der Waals surface area (Å²) in [5.41, 5.74) is 0.434. The van der Waals surface area contributed by atoms with Crippen LogP contribution in [0.2, 0.25) is 0 Å². The molecule has 0 saturated carbocycles. The van der Waals surface area contributed by atoms with Crippen molar-refractivity contribution in [1.82, 2.24) is 25.2 Å². The van der Waals surface area contributed by atoms with Gasteiger partial charge < -0.3 is 13.9 Å². The highest BCUT2D eigenvalue weighted by molar-refractivity contribution is 5.86. The molecule has 0 bridgehead atoms. The van der Waals surface area contributed by atoms with Crippen molar-refractivity contribution in [2.75, 3.05) is 0 Å². The number of furan rings is 1. The van der Waals surface area contributed by atoms with Crippen molar-refractivity contribution in [1.29, 1.82) is 0 Å². The summed E-state index contributed by atoms with van der Waals surface area (Å²) in [6.07, 6.45) is 1.98. The third-order valence-electron chi connectivity index (χ3n) is 2.86. The smallest absolute Gasteiger partial charge is 0.358 e. The molecule has 0 aliphatic rings. The van der Waals surface area contributed by atoms with E-state index in [0.29, 0.717) is 17.9 Å². The van der Waals surface area contributed by atoms with Crippen LogP contribution < -0.4 is 0 Å². The predicted octanol–water partition coefficient (Wildman–Crippen LogP) is 1.23. The maximum Gasteiger partial charge on any atom is 0.358 e. The lowest BCUT2D eigenvalue weighted by Gasteiger charge is -2.01. The van der Waals surface area contributed by atoms with Crippen molar-refractivity contribution in [2.45, 2.75) is 19.9 Å². The number of carbonyl (C=O) groups is 1. The molecule has 3 aromatic heterocycles. The number of carboxylic acid groups (broad SMARTS) is 1. The molecule has 0 fully saturated rings. The number of carboxylic acids is 1. The summed E-state index contributed by atoms with van der Waals surface area (Å²) in [6, 6.07) is 3.41. The summed E-state index contributed by atoms with van der Waals surface area (Å²) in [5, 5.41) is 24.2. The van der Waals surface area contributed by atoms with Crippen LogP contribution in [0.3, 0.4) is 0 Å². The highest BCUT2D eigenvalue weighted by atomic mass is 16.4. The minimum absolute atomic E-state index is 0.0664. The molecule has 21 heavy (non-hydrogen) atoms. The highest BCUT2D eigenvalue weighted by Crippen LogP contribution is 2.18. The van der Waals surface area contributed by atoms with Crippen molar-refractivity contribution in [3.8, 4) is 11.7 Å². The van der Waals surface area contributed by atoms with Crippen LogP contribution in [0, 0.1) is 0 Å². The molecule has 0 spiro atoms. The van der Waals surface area contributed by atoms with Crippen molar-refractivity contribution in [2.24, 2.45) is 0 Å². The first kappa shape index (κ1) is 13.0. The summed E-state index contributed by atoms with van der Waals surface area (Å²) in [5.74, 6) is -0.0984. The van der Waals surface area contributed by atoms with E-state index in [0.717, 1.165) is 0 Å². The van der Waals surface area contributed by atoms with Gasteiger partial charge in [-0.05, 0) is 18.6 Å². The lowest BCUT2D eigenvalue weighted by Crippen LogP contribution is -2.08. The summed E-state index contributed by atoms with van der Waals surface area (Å²) in [4.78, 5) is 11.0. The summed E-state index contributed by atoms with van der Waals surface area (Å²) < 4.78 is 12.0. The molecular weight excluding hydrogens is 278 g/mol. The van der Waals surface area contributed by atoms with Gasteiger partial charge in [0.1, 0.15) is 6.54 Å². The van der Waals surface area contributed by atoms with Crippen molar-refractivity contribution in [3.63, 3.8) is 0 Å². The average Bonchev–Trinajstić information content (AvgIpc) is 3.18. The Morgan fingerprint density at radius 2 is 2.24 bits per heavy atom. The standard InChI is InChI=1S/C12H11N5O4/c1-2-7-10(12(18)19)14-16-17(7)6-9-13-15-11(21-9)8-4-3-5-20-8/h3-5H,2,6H2,1H3,(H,18,19). The van der Waals surface area contributed by atoms with Crippen molar-refractivity contribution < 1.29 is 18.7 Å². The predicted molar refractivity (Wildman–Crippen MR) is 67.5 cm³/mol. The van der Waals surface area contributed by atoms with Crippen molar-refractivity contribution in [3.05, 3.63) is 35.7 Å². The number of rotatable bonds is 5. The quantitative estimate of drug-likeness (QED) is 0.744. The number of hydrogen-bond donors (Lipinski definition) is 1. The largest absolute Gasteiger partial charge is 0.476 e. The van der Waals surface area contributed by atoms with Gasteiger partial charge in [0.05, 0.1) is 12.0 Å². The van der Waals surface area contributed by atoms with Gasteiger partial charge in [0, 0.05) is 0 Å². The van der Waals surface area contributed by atoms with Crippen LogP contribution in [0.4, 0.5) is 0 Å². The van der Waals surface area contributed by atoms with Gasteiger partial charge in [-0.3, -0.25) is 0 Å². The van der Waals surface area contributed by atoms with Crippen LogP contribution in [0.15, 0.2) is 27.2 Å². The fraction of sp³-hybridized carbons (Fsp3) is 0.250. The Hall–Kier alpha value is -2.97. The minimum Gasteiger partial charge on any atom is -0.476 e. The molecule has 9 nitrogen and oxygen atoms in total. The molecule has 3 heterocycles. The second-order valence-corrected chi connectivity index (χ2v) is 4.18. The molecule has 9 heteroatoms. The SMILES string of the molecule is CCc1c(C(=O)O)nnn1Cc1nnc(-c2ccco2)o1. The fourth-order valence-corrected chi connectivity index (χ4v) is 1.92. The molecule has 0 aliphatic carbocycles. The molecule has 0 atom stereocenters. The van der Waals surface area contributed by atoms with Gasteiger partial charge in [-0.15, -0.1) is 15.3 Å². The highest BCUT2D eigenvalue weighted by Gasteiger charge is 2.19. The average molecular weight is 289 g/mol. The molecule has 0 aromatic carbocycles. The molecule has 3 rings (SSSR count). The summed E-state index contributed by atoms with van der Waals surface area (Å²) in [6.45, 7) is 1.97. The molecule has 0 amide bonds. The first-order valence-electron chi connectivity index (χ1n) is 6.21. The Kier molecular flexibility index (Phi) is 3.22. The van der Waals surface area contributed by atoms with E-state index in [9.17, 15) is 4.79 Å². The molecule has 0 unspecified atom stereocenters. The monoisotopic (exact) mass is 289 g/mol. The van der Waals surface area contributed by atoms with Crippen molar-refractivity contribution >= 4 is 5.97 Å². The molecule has 0 saturated heterocycles. The molecule has 3 aromatic rings. The van der Waals surface area contributed by atoms with E-state index in [2.05, 4.69) is 20.5 Å². The summed E-state index contributed by atoms with van der Waals surface area (Å²) >= 11 is 0. The number of aromatic nitrogens is 5. The Balaban J connectivity index is 1.86. The fourth-order valence-electron chi connectivity index (χ4n) is 1.92. The van der Waals surface area contributed by atoms with Gasteiger partial charge in [0.2, 0.25) is 5.89 Å². The van der Waals surface area contributed by atoms with Crippen LogP contribution in [0.1, 0.15) is 29.0 Å². The Morgan fingerprint density at radius 3 is 2.90 bits per heavy atom. The third-order valence-corrected chi connectivity index (χ3v) is 2.86. The van der Waals surface area contributed by atoms with E-state index >= 15 is 0 Å². The molecule has 0 aliphatic heterocycles. The third kappa shape index (κ3) is 2.40. The maximum atomic E-state index is 11.0. The van der Waals surface area contributed by atoms with E-state index in [1.165, 1.54) is 10.9 Å². The van der Waals surface area contributed by atoms with Crippen LogP contribution in [0.5, 0.6) is 0 Å². The number of nitrogens with zero attached hydrogens (tertiary/aromatic N) is 5. The first-order valence-corrected chi connectivity index (χ1v) is 6.21. The van der Waals surface area contributed by atoms with Crippen LogP contribution in [-0.2, 0) is 13.0 Å².